The third kappa shape index (κ3) is 1.28. The van der Waals surface area contributed by atoms with Crippen molar-refractivity contribution in [1.29, 1.82) is 0 Å². The van der Waals surface area contributed by atoms with Gasteiger partial charge in [-0.2, -0.15) is 4.40 Å². The molecular formula is C15H15N4+. The van der Waals surface area contributed by atoms with Crippen LogP contribution >= 0.6 is 0 Å². The van der Waals surface area contributed by atoms with Crippen LogP contribution in [0.2, 0.25) is 0 Å². The normalized spacial score (nSPS) is 12.2. The molecule has 4 nitrogen and oxygen atoms in total. The molecule has 0 bridgehead atoms. The highest BCUT2D eigenvalue weighted by Gasteiger charge is 2.21. The van der Waals surface area contributed by atoms with Crippen LogP contribution in [0.3, 0.4) is 0 Å². The molecule has 0 radical (unpaired) electrons. The molecule has 0 N–H and O–H groups in total. The summed E-state index contributed by atoms with van der Waals surface area (Å²) in [5, 5.41) is 0. The highest BCUT2D eigenvalue weighted by Crippen LogP contribution is 2.20. The van der Waals surface area contributed by atoms with Gasteiger partial charge in [0, 0.05) is 12.4 Å². The summed E-state index contributed by atoms with van der Waals surface area (Å²) in [6.07, 6.45) is 8.13. The zero-order valence-electron chi connectivity index (χ0n) is 11.0. The molecule has 0 amide bonds. The maximum Gasteiger partial charge on any atom is 0.331 e. The Bertz CT molecular complexity index is 898. The Kier molecular flexibility index (Phi) is 1.98. The summed E-state index contributed by atoms with van der Waals surface area (Å²) in [6.45, 7) is 4.38. The van der Waals surface area contributed by atoms with Crippen molar-refractivity contribution in [1.82, 2.24) is 13.8 Å². The van der Waals surface area contributed by atoms with Gasteiger partial charge in [0.05, 0.1) is 11.6 Å². The van der Waals surface area contributed by atoms with Gasteiger partial charge in [0.2, 0.25) is 5.65 Å². The minimum atomic E-state index is 0.409. The van der Waals surface area contributed by atoms with Crippen LogP contribution in [0.15, 0.2) is 49.1 Å². The van der Waals surface area contributed by atoms with E-state index in [4.69, 9.17) is 0 Å². The number of imidazole rings is 2. The first-order chi connectivity index (χ1) is 9.27. The smallest absolute Gasteiger partial charge is 0.289 e. The van der Waals surface area contributed by atoms with Gasteiger partial charge in [-0.05, 0) is 26.0 Å². The van der Waals surface area contributed by atoms with Gasteiger partial charge in [-0.3, -0.25) is 4.40 Å². The molecule has 94 valence electrons. The molecule has 0 saturated carbocycles. The van der Waals surface area contributed by atoms with Gasteiger partial charge in [-0.1, -0.05) is 12.1 Å². The number of rotatable bonds is 1. The fourth-order valence-electron chi connectivity index (χ4n) is 2.77. The molecular weight excluding hydrogens is 236 g/mol. The second-order valence-electron chi connectivity index (χ2n) is 5.10. The van der Waals surface area contributed by atoms with Gasteiger partial charge in [-0.15, -0.1) is 0 Å². The SMILES string of the molecule is CC(C)[n+]1ccn2c3ccccc3n3ccnc3c21. The maximum atomic E-state index is 4.53. The van der Waals surface area contributed by atoms with Crippen molar-refractivity contribution < 1.29 is 4.57 Å². The van der Waals surface area contributed by atoms with E-state index in [0.717, 1.165) is 11.3 Å². The first-order valence-electron chi connectivity index (χ1n) is 6.53. The monoisotopic (exact) mass is 251 g/mol. The van der Waals surface area contributed by atoms with E-state index in [-0.39, 0.29) is 0 Å². The quantitative estimate of drug-likeness (QED) is 0.477. The van der Waals surface area contributed by atoms with Crippen LogP contribution in [0.5, 0.6) is 0 Å². The predicted octanol–water partition coefficient (Wildman–Crippen LogP) is 2.61. The van der Waals surface area contributed by atoms with E-state index in [1.54, 1.807) is 0 Å². The third-order valence-corrected chi connectivity index (χ3v) is 3.65. The molecule has 0 spiro atoms. The third-order valence-electron chi connectivity index (χ3n) is 3.65. The molecule has 3 heterocycles. The Labute approximate surface area is 110 Å². The van der Waals surface area contributed by atoms with Crippen molar-refractivity contribution in [3.63, 3.8) is 0 Å². The number of benzene rings is 1. The molecule has 4 aromatic rings. The number of nitrogens with zero attached hydrogens (tertiary/aromatic N) is 4. The zero-order valence-corrected chi connectivity index (χ0v) is 11.0. The molecule has 0 saturated heterocycles. The summed E-state index contributed by atoms with van der Waals surface area (Å²) in [4.78, 5) is 4.53. The van der Waals surface area contributed by atoms with E-state index in [1.807, 2.05) is 12.4 Å². The average molecular weight is 251 g/mol. The standard InChI is InChI=1S/C15H15N4/c1-11(2)17-9-10-19-13-6-4-3-5-12(13)18-8-7-16-14(18)15(17)19/h3-11H,1-2H3/q+1. The van der Waals surface area contributed by atoms with Crippen molar-refractivity contribution in [3.8, 4) is 0 Å². The molecule has 19 heavy (non-hydrogen) atoms. The van der Waals surface area contributed by atoms with E-state index in [9.17, 15) is 0 Å². The zero-order chi connectivity index (χ0) is 13.0. The lowest BCUT2D eigenvalue weighted by molar-refractivity contribution is -0.690. The average Bonchev–Trinajstić information content (AvgIpc) is 3.05. The van der Waals surface area contributed by atoms with Crippen molar-refractivity contribution in [2.45, 2.75) is 19.9 Å². The Morgan fingerprint density at radius 2 is 1.79 bits per heavy atom. The lowest BCUT2D eigenvalue weighted by Crippen LogP contribution is -2.35. The molecule has 0 atom stereocenters. The van der Waals surface area contributed by atoms with Crippen molar-refractivity contribution >= 4 is 22.3 Å². The molecule has 0 aliphatic rings. The summed E-state index contributed by atoms with van der Waals surface area (Å²) in [7, 11) is 0. The number of aromatic nitrogens is 4. The van der Waals surface area contributed by atoms with Crippen molar-refractivity contribution in [2.75, 3.05) is 0 Å². The molecule has 3 aromatic heterocycles. The number of hydrogen-bond acceptors (Lipinski definition) is 1. The number of fused-ring (bicyclic) bond motifs is 6. The number of hydrogen-bond donors (Lipinski definition) is 0. The Morgan fingerprint density at radius 1 is 1.05 bits per heavy atom. The Balaban J connectivity index is 2.37. The second-order valence-corrected chi connectivity index (χ2v) is 5.10. The van der Waals surface area contributed by atoms with E-state index < -0.39 is 0 Å². The highest BCUT2D eigenvalue weighted by atomic mass is 15.2. The summed E-state index contributed by atoms with van der Waals surface area (Å²) in [5.74, 6) is 0. The van der Waals surface area contributed by atoms with Gasteiger partial charge < -0.3 is 0 Å². The highest BCUT2D eigenvalue weighted by molar-refractivity contribution is 5.84. The first kappa shape index (κ1) is 10.6. The van der Waals surface area contributed by atoms with Gasteiger partial charge in [0.1, 0.15) is 12.4 Å². The molecule has 0 aliphatic heterocycles. The summed E-state index contributed by atoms with van der Waals surface area (Å²) in [5.41, 5.74) is 4.51. The van der Waals surface area contributed by atoms with Crippen LogP contribution < -0.4 is 4.57 Å². The van der Waals surface area contributed by atoms with E-state index >= 15 is 0 Å². The minimum Gasteiger partial charge on any atom is -0.289 e. The largest absolute Gasteiger partial charge is 0.331 e. The van der Waals surface area contributed by atoms with E-state index in [1.165, 1.54) is 11.0 Å². The fraction of sp³-hybridized carbons (Fsp3) is 0.200. The number of para-hydroxylation sites is 2. The van der Waals surface area contributed by atoms with Gasteiger partial charge in [-0.25, -0.2) is 9.55 Å². The van der Waals surface area contributed by atoms with Crippen LogP contribution in [-0.2, 0) is 0 Å². The predicted molar refractivity (Wildman–Crippen MR) is 74.2 cm³/mol. The van der Waals surface area contributed by atoms with E-state index in [0.29, 0.717) is 6.04 Å². The molecule has 0 unspecified atom stereocenters. The second kappa shape index (κ2) is 3.57. The van der Waals surface area contributed by atoms with Crippen molar-refractivity contribution in [2.24, 2.45) is 0 Å². The summed E-state index contributed by atoms with van der Waals surface area (Å²) in [6, 6.07) is 8.82. The Morgan fingerprint density at radius 3 is 2.53 bits per heavy atom. The van der Waals surface area contributed by atoms with Crippen LogP contribution in [0.1, 0.15) is 19.9 Å². The van der Waals surface area contributed by atoms with Crippen molar-refractivity contribution in [3.05, 3.63) is 49.1 Å². The molecule has 1 aromatic carbocycles. The minimum absolute atomic E-state index is 0.409. The molecule has 0 fully saturated rings. The molecule has 4 heteroatoms. The molecule has 4 rings (SSSR count). The van der Waals surface area contributed by atoms with Gasteiger partial charge in [0.15, 0.2) is 5.52 Å². The topological polar surface area (TPSA) is 25.6 Å². The van der Waals surface area contributed by atoms with E-state index in [2.05, 4.69) is 68.9 Å². The lowest BCUT2D eigenvalue weighted by atomic mass is 10.3. The lowest BCUT2D eigenvalue weighted by Gasteiger charge is -2.04. The van der Waals surface area contributed by atoms with Gasteiger partial charge >= 0.3 is 5.65 Å². The Hall–Kier alpha value is -2.36. The van der Waals surface area contributed by atoms with Crippen LogP contribution in [0, 0.1) is 0 Å². The fourth-order valence-corrected chi connectivity index (χ4v) is 2.77. The summed E-state index contributed by atoms with van der Waals surface area (Å²) < 4.78 is 6.63. The first-order valence-corrected chi connectivity index (χ1v) is 6.53. The van der Waals surface area contributed by atoms with Crippen LogP contribution in [0.25, 0.3) is 22.3 Å². The van der Waals surface area contributed by atoms with Crippen LogP contribution in [-0.4, -0.2) is 13.8 Å². The van der Waals surface area contributed by atoms with Gasteiger partial charge in [0.25, 0.3) is 0 Å². The van der Waals surface area contributed by atoms with Crippen LogP contribution in [0.4, 0.5) is 0 Å². The summed E-state index contributed by atoms with van der Waals surface area (Å²) >= 11 is 0. The molecule has 0 aliphatic carbocycles. The maximum absolute atomic E-state index is 4.53.